The molecule has 1 saturated heterocycles. The minimum absolute atomic E-state index is 0. The molecule has 0 bridgehead atoms. The quantitative estimate of drug-likeness (QED) is 0.308. The van der Waals surface area contributed by atoms with Gasteiger partial charge in [0.05, 0.1) is 19.8 Å². The fourth-order valence-electron chi connectivity index (χ4n) is 3.05. The van der Waals surface area contributed by atoms with E-state index in [0.717, 1.165) is 36.8 Å². The van der Waals surface area contributed by atoms with Crippen LogP contribution in [0.2, 0.25) is 0 Å². The Kier molecular flexibility index (Phi) is 9.63. The van der Waals surface area contributed by atoms with E-state index in [1.165, 1.54) is 0 Å². The minimum atomic E-state index is 0. The third kappa shape index (κ3) is 6.46. The van der Waals surface area contributed by atoms with Crippen LogP contribution >= 0.6 is 24.0 Å². The smallest absolute Gasteiger partial charge is 0.196 e. The number of aryl methyl sites for hydroxylation is 1. The first kappa shape index (κ1) is 24.2. The number of aromatic nitrogens is 3. The molecule has 9 nitrogen and oxygen atoms in total. The number of anilines is 1. The SMILES string of the molecule is CCOc1cc(NC(=NCc2nnc(C)n2C)NCC2CCCO2)ccc1OC.I. The molecule has 1 aliphatic rings. The van der Waals surface area contributed by atoms with Crippen LogP contribution in [0.15, 0.2) is 23.2 Å². The number of nitrogens with one attached hydrogen (secondary N) is 2. The average Bonchev–Trinajstić information content (AvgIpc) is 3.35. The number of rotatable bonds is 8. The molecular formula is C20H31IN6O3. The summed E-state index contributed by atoms with van der Waals surface area (Å²) >= 11 is 0. The lowest BCUT2D eigenvalue weighted by molar-refractivity contribution is 0.114. The summed E-state index contributed by atoms with van der Waals surface area (Å²) in [5, 5.41) is 15.0. The fraction of sp³-hybridized carbons (Fsp3) is 0.550. The first-order valence-electron chi connectivity index (χ1n) is 9.93. The molecule has 0 aliphatic carbocycles. The third-order valence-electron chi connectivity index (χ3n) is 4.81. The van der Waals surface area contributed by atoms with Crippen molar-refractivity contribution in [2.45, 2.75) is 39.3 Å². The van der Waals surface area contributed by atoms with E-state index in [1.54, 1.807) is 7.11 Å². The van der Waals surface area contributed by atoms with Gasteiger partial charge in [0, 0.05) is 32.0 Å². The molecule has 1 unspecified atom stereocenters. The molecule has 0 spiro atoms. The molecule has 1 aromatic carbocycles. The molecule has 1 fully saturated rings. The summed E-state index contributed by atoms with van der Waals surface area (Å²) in [5.41, 5.74) is 0.849. The van der Waals surface area contributed by atoms with Crippen LogP contribution in [0.1, 0.15) is 31.4 Å². The van der Waals surface area contributed by atoms with E-state index in [9.17, 15) is 0 Å². The van der Waals surface area contributed by atoms with Crippen LogP contribution in [0, 0.1) is 6.92 Å². The van der Waals surface area contributed by atoms with Crippen molar-refractivity contribution in [2.75, 3.05) is 32.2 Å². The predicted octanol–water partition coefficient (Wildman–Crippen LogP) is 2.89. The number of ether oxygens (including phenoxy) is 3. The molecular weight excluding hydrogens is 499 g/mol. The van der Waals surface area contributed by atoms with Crippen molar-refractivity contribution in [3.63, 3.8) is 0 Å². The van der Waals surface area contributed by atoms with Gasteiger partial charge in [-0.25, -0.2) is 4.99 Å². The first-order chi connectivity index (χ1) is 14.1. The maximum Gasteiger partial charge on any atom is 0.196 e. The number of nitrogens with zero attached hydrogens (tertiary/aromatic N) is 4. The molecule has 0 saturated carbocycles. The van der Waals surface area contributed by atoms with Gasteiger partial charge in [-0.1, -0.05) is 0 Å². The van der Waals surface area contributed by atoms with Crippen LogP contribution in [0.25, 0.3) is 0 Å². The Hall–Kier alpha value is -2.08. The van der Waals surface area contributed by atoms with Crippen molar-refractivity contribution in [2.24, 2.45) is 12.0 Å². The summed E-state index contributed by atoms with van der Waals surface area (Å²) in [6, 6.07) is 5.70. The monoisotopic (exact) mass is 530 g/mol. The van der Waals surface area contributed by atoms with E-state index < -0.39 is 0 Å². The summed E-state index contributed by atoms with van der Waals surface area (Å²) < 4.78 is 18.7. The Morgan fingerprint density at radius 1 is 1.33 bits per heavy atom. The second kappa shape index (κ2) is 11.9. The Labute approximate surface area is 194 Å². The third-order valence-corrected chi connectivity index (χ3v) is 4.81. The normalized spacial score (nSPS) is 16.1. The second-order valence-corrected chi connectivity index (χ2v) is 6.83. The van der Waals surface area contributed by atoms with Gasteiger partial charge in [-0.15, -0.1) is 34.2 Å². The number of hydrogen-bond acceptors (Lipinski definition) is 6. The molecule has 1 aliphatic heterocycles. The van der Waals surface area contributed by atoms with E-state index in [2.05, 4.69) is 25.8 Å². The molecule has 0 amide bonds. The van der Waals surface area contributed by atoms with Crippen molar-refractivity contribution >= 4 is 35.6 Å². The van der Waals surface area contributed by atoms with Crippen LogP contribution in [-0.2, 0) is 18.3 Å². The Morgan fingerprint density at radius 2 is 2.17 bits per heavy atom. The molecule has 30 heavy (non-hydrogen) atoms. The first-order valence-corrected chi connectivity index (χ1v) is 9.93. The number of hydrogen-bond donors (Lipinski definition) is 2. The largest absolute Gasteiger partial charge is 0.493 e. The van der Waals surface area contributed by atoms with Crippen molar-refractivity contribution in [1.29, 1.82) is 0 Å². The van der Waals surface area contributed by atoms with Crippen molar-refractivity contribution in [3.8, 4) is 11.5 Å². The lowest BCUT2D eigenvalue weighted by Gasteiger charge is -2.17. The van der Waals surface area contributed by atoms with Gasteiger partial charge in [-0.3, -0.25) is 0 Å². The van der Waals surface area contributed by atoms with Gasteiger partial charge in [0.15, 0.2) is 23.3 Å². The van der Waals surface area contributed by atoms with E-state index in [4.69, 9.17) is 14.2 Å². The minimum Gasteiger partial charge on any atom is -0.493 e. The molecule has 1 aromatic heterocycles. The van der Waals surface area contributed by atoms with Crippen molar-refractivity contribution in [3.05, 3.63) is 29.8 Å². The topological polar surface area (TPSA) is 94.8 Å². The van der Waals surface area contributed by atoms with E-state index in [0.29, 0.717) is 37.2 Å². The van der Waals surface area contributed by atoms with Gasteiger partial charge in [0.1, 0.15) is 12.4 Å². The Morgan fingerprint density at radius 3 is 2.80 bits per heavy atom. The van der Waals surface area contributed by atoms with Crippen molar-refractivity contribution < 1.29 is 14.2 Å². The second-order valence-electron chi connectivity index (χ2n) is 6.83. The summed E-state index contributed by atoms with van der Waals surface area (Å²) in [7, 11) is 3.56. The standard InChI is InChI=1S/C20H30N6O3.HI/c1-5-28-18-11-15(8-9-17(18)27-4)23-20(21-12-16-7-6-10-29-16)22-13-19-25-24-14(2)26(19)3;/h8-9,11,16H,5-7,10,12-13H2,1-4H3,(H2,21,22,23);1H. The maximum absolute atomic E-state index is 5.71. The predicted molar refractivity (Wildman–Crippen MR) is 127 cm³/mol. The zero-order chi connectivity index (χ0) is 20.6. The van der Waals surface area contributed by atoms with Crippen LogP contribution in [0.4, 0.5) is 5.69 Å². The van der Waals surface area contributed by atoms with E-state index in [-0.39, 0.29) is 30.1 Å². The zero-order valence-electron chi connectivity index (χ0n) is 18.0. The van der Waals surface area contributed by atoms with E-state index in [1.807, 2.05) is 43.7 Å². The molecule has 3 rings (SSSR count). The van der Waals surface area contributed by atoms with Gasteiger partial charge in [0.2, 0.25) is 0 Å². The molecule has 2 N–H and O–H groups in total. The molecule has 2 aromatic rings. The van der Waals surface area contributed by atoms with Gasteiger partial charge in [-0.2, -0.15) is 0 Å². The summed E-state index contributed by atoms with van der Waals surface area (Å²) in [5.74, 6) is 3.67. The average molecular weight is 530 g/mol. The number of halogens is 1. The van der Waals surface area contributed by atoms with Crippen LogP contribution in [-0.4, -0.2) is 53.7 Å². The molecule has 2 heterocycles. The van der Waals surface area contributed by atoms with Gasteiger partial charge in [0.25, 0.3) is 0 Å². The highest BCUT2D eigenvalue weighted by Gasteiger charge is 2.16. The van der Waals surface area contributed by atoms with Crippen molar-refractivity contribution in [1.82, 2.24) is 20.1 Å². The van der Waals surface area contributed by atoms with E-state index >= 15 is 0 Å². The number of guanidine groups is 1. The van der Waals surface area contributed by atoms with Gasteiger partial charge in [-0.05, 0) is 38.8 Å². The highest BCUT2D eigenvalue weighted by molar-refractivity contribution is 14.0. The summed E-state index contributed by atoms with van der Waals surface area (Å²) in [4.78, 5) is 4.69. The highest BCUT2D eigenvalue weighted by atomic mass is 127. The Bertz CT molecular complexity index is 836. The number of benzene rings is 1. The van der Waals surface area contributed by atoms with Crippen LogP contribution in [0.3, 0.4) is 0 Å². The zero-order valence-corrected chi connectivity index (χ0v) is 20.3. The number of methoxy groups -OCH3 is 1. The fourth-order valence-corrected chi connectivity index (χ4v) is 3.05. The maximum atomic E-state index is 5.71. The summed E-state index contributed by atoms with van der Waals surface area (Å²) in [6.07, 6.45) is 2.36. The highest BCUT2D eigenvalue weighted by Crippen LogP contribution is 2.30. The lowest BCUT2D eigenvalue weighted by atomic mass is 10.2. The van der Waals surface area contributed by atoms with Gasteiger partial charge >= 0.3 is 0 Å². The Balaban J connectivity index is 0.00000320. The molecule has 0 radical (unpaired) electrons. The van der Waals surface area contributed by atoms with Gasteiger partial charge < -0.3 is 29.4 Å². The van der Waals surface area contributed by atoms with Crippen LogP contribution < -0.4 is 20.1 Å². The lowest BCUT2D eigenvalue weighted by Crippen LogP contribution is -2.36. The molecule has 1 atom stereocenters. The summed E-state index contributed by atoms with van der Waals surface area (Å²) in [6.45, 7) is 6.34. The number of aliphatic imine (C=N–C) groups is 1. The molecule has 10 heteroatoms. The van der Waals surface area contributed by atoms with Crippen LogP contribution in [0.5, 0.6) is 11.5 Å². The molecule has 166 valence electrons.